The van der Waals surface area contributed by atoms with Crippen molar-refractivity contribution in [3.05, 3.63) is 33.9 Å². The van der Waals surface area contributed by atoms with E-state index in [1.807, 2.05) is 0 Å². The standard InChI is InChI=1S/C11H8F3N3O4/c12-11(13,14)6-16(5-10(18)19)9-3-7(4-15)1-2-8(9)17(20)21/h1-3H,5-6H2,(H,18,19). The third kappa shape index (κ3) is 4.64. The van der Waals surface area contributed by atoms with Crippen LogP contribution in [0.2, 0.25) is 0 Å². The molecule has 0 aromatic heterocycles. The summed E-state index contributed by atoms with van der Waals surface area (Å²) in [6, 6.07) is 4.40. The molecule has 7 nitrogen and oxygen atoms in total. The number of nitro benzene ring substituents is 1. The van der Waals surface area contributed by atoms with Gasteiger partial charge in [0.25, 0.3) is 5.69 Å². The maximum absolute atomic E-state index is 12.5. The van der Waals surface area contributed by atoms with Crippen molar-refractivity contribution in [2.75, 3.05) is 18.0 Å². The Morgan fingerprint density at radius 1 is 1.48 bits per heavy atom. The van der Waals surface area contributed by atoms with Gasteiger partial charge in [-0.05, 0) is 12.1 Å². The molecular formula is C11H8F3N3O4. The predicted octanol–water partition coefficient (Wildman–Crippen LogP) is 1.92. The molecule has 21 heavy (non-hydrogen) atoms. The van der Waals surface area contributed by atoms with Crippen LogP contribution in [0, 0.1) is 21.4 Å². The maximum Gasteiger partial charge on any atom is 0.405 e. The first kappa shape index (κ1) is 16.2. The van der Waals surface area contributed by atoms with Gasteiger partial charge in [0.2, 0.25) is 0 Å². The minimum Gasteiger partial charge on any atom is -0.480 e. The molecule has 0 bridgehead atoms. The number of carbonyl (C=O) groups is 1. The number of hydrogen-bond acceptors (Lipinski definition) is 5. The number of carboxylic acids is 1. The van der Waals surface area contributed by atoms with E-state index in [2.05, 4.69) is 0 Å². The van der Waals surface area contributed by atoms with Crippen LogP contribution >= 0.6 is 0 Å². The molecule has 1 N–H and O–H groups in total. The van der Waals surface area contributed by atoms with E-state index < -0.39 is 41.5 Å². The summed E-state index contributed by atoms with van der Waals surface area (Å²) in [7, 11) is 0. The van der Waals surface area contributed by atoms with Crippen molar-refractivity contribution in [2.24, 2.45) is 0 Å². The lowest BCUT2D eigenvalue weighted by Gasteiger charge is -2.23. The van der Waals surface area contributed by atoms with Gasteiger partial charge >= 0.3 is 12.1 Å². The van der Waals surface area contributed by atoms with Gasteiger partial charge in [-0.1, -0.05) is 0 Å². The molecule has 0 aliphatic carbocycles. The van der Waals surface area contributed by atoms with Gasteiger partial charge in [-0.3, -0.25) is 14.9 Å². The van der Waals surface area contributed by atoms with Crippen LogP contribution in [0.1, 0.15) is 5.56 Å². The molecule has 0 aliphatic heterocycles. The van der Waals surface area contributed by atoms with Crippen LogP contribution in [-0.4, -0.2) is 35.3 Å². The minimum atomic E-state index is -4.76. The summed E-state index contributed by atoms with van der Waals surface area (Å²) < 4.78 is 37.5. The molecule has 0 aliphatic rings. The number of aliphatic carboxylic acids is 1. The lowest BCUT2D eigenvalue weighted by Crippen LogP contribution is -2.38. The number of anilines is 1. The third-order valence-electron chi connectivity index (χ3n) is 2.34. The second-order valence-corrected chi connectivity index (χ2v) is 3.94. The third-order valence-corrected chi connectivity index (χ3v) is 2.34. The fourth-order valence-electron chi connectivity index (χ4n) is 1.61. The number of halogens is 3. The highest BCUT2D eigenvalue weighted by molar-refractivity contribution is 5.76. The molecular weight excluding hydrogens is 295 g/mol. The number of carboxylic acid groups (broad SMARTS) is 1. The number of nitro groups is 1. The zero-order valence-corrected chi connectivity index (χ0v) is 10.3. The van der Waals surface area contributed by atoms with E-state index >= 15 is 0 Å². The van der Waals surface area contributed by atoms with Gasteiger partial charge in [-0.25, -0.2) is 0 Å². The number of nitrogens with zero attached hydrogens (tertiary/aromatic N) is 3. The second kappa shape index (κ2) is 6.08. The molecule has 0 amide bonds. The van der Waals surface area contributed by atoms with Crippen molar-refractivity contribution in [1.82, 2.24) is 0 Å². The van der Waals surface area contributed by atoms with Gasteiger partial charge in [0, 0.05) is 6.07 Å². The molecule has 1 aromatic carbocycles. The van der Waals surface area contributed by atoms with Gasteiger partial charge in [-0.2, -0.15) is 18.4 Å². The Labute approximate surface area is 116 Å². The quantitative estimate of drug-likeness (QED) is 0.657. The van der Waals surface area contributed by atoms with Crippen LogP contribution in [0.15, 0.2) is 18.2 Å². The average molecular weight is 303 g/mol. The van der Waals surface area contributed by atoms with E-state index in [1.54, 1.807) is 6.07 Å². The summed E-state index contributed by atoms with van der Waals surface area (Å²) in [5.41, 5.74) is -1.40. The zero-order chi connectivity index (χ0) is 16.2. The van der Waals surface area contributed by atoms with Crippen molar-refractivity contribution in [3.8, 4) is 6.07 Å². The van der Waals surface area contributed by atoms with Crippen LogP contribution in [0.4, 0.5) is 24.5 Å². The molecule has 0 saturated carbocycles. The Balaban J connectivity index is 3.36. The van der Waals surface area contributed by atoms with E-state index in [0.29, 0.717) is 4.90 Å². The van der Waals surface area contributed by atoms with E-state index in [0.717, 1.165) is 18.2 Å². The van der Waals surface area contributed by atoms with Gasteiger partial charge in [0.1, 0.15) is 18.8 Å². The molecule has 1 aromatic rings. The number of benzene rings is 1. The predicted molar refractivity (Wildman–Crippen MR) is 63.7 cm³/mol. The molecule has 0 unspecified atom stereocenters. The SMILES string of the molecule is N#Cc1ccc([N+](=O)[O-])c(N(CC(=O)O)CC(F)(F)F)c1. The summed E-state index contributed by atoms with van der Waals surface area (Å²) in [6.45, 7) is -2.77. The molecule has 0 saturated heterocycles. The highest BCUT2D eigenvalue weighted by atomic mass is 19.4. The normalized spacial score (nSPS) is 10.8. The Morgan fingerprint density at radius 3 is 2.52 bits per heavy atom. The fourth-order valence-corrected chi connectivity index (χ4v) is 1.61. The summed E-state index contributed by atoms with van der Waals surface area (Å²) >= 11 is 0. The summed E-state index contributed by atoms with van der Waals surface area (Å²) in [6.07, 6.45) is -4.76. The first-order valence-corrected chi connectivity index (χ1v) is 5.36. The number of alkyl halides is 3. The van der Waals surface area contributed by atoms with Crippen LogP contribution in [0.25, 0.3) is 0 Å². The maximum atomic E-state index is 12.5. The summed E-state index contributed by atoms with van der Waals surface area (Å²) in [5.74, 6) is -1.59. The first-order chi connectivity index (χ1) is 9.64. The topological polar surface area (TPSA) is 107 Å². The van der Waals surface area contributed by atoms with E-state index in [4.69, 9.17) is 10.4 Å². The monoisotopic (exact) mass is 303 g/mol. The summed E-state index contributed by atoms with van der Waals surface area (Å²) in [4.78, 5) is 20.9. The highest BCUT2D eigenvalue weighted by Crippen LogP contribution is 2.31. The minimum absolute atomic E-state index is 0.117. The summed E-state index contributed by atoms with van der Waals surface area (Å²) in [5, 5.41) is 28.2. The molecule has 1 rings (SSSR count). The van der Waals surface area contributed by atoms with Gasteiger partial charge in [0.05, 0.1) is 16.6 Å². The van der Waals surface area contributed by atoms with E-state index in [-0.39, 0.29) is 5.56 Å². The van der Waals surface area contributed by atoms with E-state index in [1.165, 1.54) is 0 Å². The van der Waals surface area contributed by atoms with Crippen LogP contribution < -0.4 is 4.90 Å². The largest absolute Gasteiger partial charge is 0.480 e. The van der Waals surface area contributed by atoms with Crippen LogP contribution in [0.3, 0.4) is 0 Å². The fraction of sp³-hybridized carbons (Fsp3) is 0.273. The molecule has 0 spiro atoms. The number of nitriles is 1. The van der Waals surface area contributed by atoms with Crippen molar-refractivity contribution in [2.45, 2.75) is 6.18 Å². The van der Waals surface area contributed by atoms with E-state index in [9.17, 15) is 28.1 Å². The molecule has 10 heteroatoms. The second-order valence-electron chi connectivity index (χ2n) is 3.94. The van der Waals surface area contributed by atoms with Crippen LogP contribution in [-0.2, 0) is 4.79 Å². The van der Waals surface area contributed by atoms with Gasteiger partial charge in [0.15, 0.2) is 0 Å². The first-order valence-electron chi connectivity index (χ1n) is 5.36. The Hall–Kier alpha value is -2.83. The lowest BCUT2D eigenvalue weighted by molar-refractivity contribution is -0.384. The highest BCUT2D eigenvalue weighted by Gasteiger charge is 2.34. The van der Waals surface area contributed by atoms with Crippen molar-refractivity contribution < 1.29 is 28.0 Å². The molecule has 0 radical (unpaired) electrons. The molecule has 0 fully saturated rings. The van der Waals surface area contributed by atoms with Crippen molar-refractivity contribution in [3.63, 3.8) is 0 Å². The number of rotatable bonds is 5. The molecule has 112 valence electrons. The van der Waals surface area contributed by atoms with Gasteiger partial charge < -0.3 is 10.0 Å². The average Bonchev–Trinajstić information content (AvgIpc) is 2.34. The van der Waals surface area contributed by atoms with Crippen molar-refractivity contribution >= 4 is 17.3 Å². The van der Waals surface area contributed by atoms with Crippen molar-refractivity contribution in [1.29, 1.82) is 5.26 Å². The zero-order valence-electron chi connectivity index (χ0n) is 10.3. The Morgan fingerprint density at radius 2 is 2.10 bits per heavy atom. The molecule has 0 heterocycles. The van der Waals surface area contributed by atoms with Gasteiger partial charge in [-0.15, -0.1) is 0 Å². The molecule has 0 atom stereocenters. The number of hydrogen-bond donors (Lipinski definition) is 1. The Bertz CT molecular complexity index is 610. The smallest absolute Gasteiger partial charge is 0.405 e. The Kier molecular flexibility index (Phi) is 4.70. The van der Waals surface area contributed by atoms with Crippen LogP contribution in [0.5, 0.6) is 0 Å². The lowest BCUT2D eigenvalue weighted by atomic mass is 10.1.